The third kappa shape index (κ3) is 1.52. The van der Waals surface area contributed by atoms with E-state index < -0.39 is 11.9 Å². The molecule has 0 saturated heterocycles. The van der Waals surface area contributed by atoms with E-state index in [4.69, 9.17) is 15.3 Å². The lowest BCUT2D eigenvalue weighted by Gasteiger charge is -1.90. The van der Waals surface area contributed by atoms with Crippen molar-refractivity contribution < 1.29 is 19.1 Å². The van der Waals surface area contributed by atoms with Crippen LogP contribution in [0.3, 0.4) is 0 Å². The summed E-state index contributed by atoms with van der Waals surface area (Å²) in [6.45, 7) is 0. The number of rotatable bonds is 2. The average Bonchev–Trinajstić information content (AvgIpc) is 2.59. The molecule has 3 N–H and O–H groups in total. The highest BCUT2D eigenvalue weighted by molar-refractivity contribution is 5.94. The number of carboxylic acids is 1. The molecular weight excluding hydrogens is 200 g/mol. The van der Waals surface area contributed by atoms with Crippen LogP contribution >= 0.6 is 0 Å². The number of nitrogens with zero attached hydrogens (tertiary/aromatic N) is 1. The lowest BCUT2D eigenvalue weighted by molar-refractivity contribution is 0.0696. The predicted octanol–water partition coefficient (Wildman–Crippen LogP) is 0.625. The van der Waals surface area contributed by atoms with Crippen LogP contribution in [-0.2, 0) is 0 Å². The molecule has 0 unspecified atom stereocenters. The number of hydrogen-bond acceptors (Lipinski definition) is 4. The fraction of sp³-hybridized carbons (Fsp3) is 0. The minimum atomic E-state index is -1.07. The quantitative estimate of drug-likeness (QED) is 0.749. The first-order chi connectivity index (χ1) is 7.08. The summed E-state index contributed by atoms with van der Waals surface area (Å²) in [4.78, 5) is 25.1. The summed E-state index contributed by atoms with van der Waals surface area (Å²) in [5.41, 5.74) is 5.66. The molecule has 1 aromatic carbocycles. The zero-order valence-electron chi connectivity index (χ0n) is 7.43. The Labute approximate surface area is 83.3 Å². The first-order valence-corrected chi connectivity index (χ1v) is 4.01. The fourth-order valence-corrected chi connectivity index (χ4v) is 1.17. The van der Waals surface area contributed by atoms with Gasteiger partial charge in [-0.3, -0.25) is 4.79 Å². The van der Waals surface area contributed by atoms with Crippen molar-refractivity contribution in [1.29, 1.82) is 0 Å². The molecule has 0 fully saturated rings. The van der Waals surface area contributed by atoms with E-state index in [1.165, 1.54) is 18.2 Å². The van der Waals surface area contributed by atoms with E-state index in [1.54, 1.807) is 0 Å². The Balaban J connectivity index is 2.62. The number of aromatic nitrogens is 1. The van der Waals surface area contributed by atoms with Crippen LogP contribution in [0.1, 0.15) is 21.0 Å². The van der Waals surface area contributed by atoms with Crippen molar-refractivity contribution in [3.05, 3.63) is 29.7 Å². The number of oxazole rings is 1. The van der Waals surface area contributed by atoms with Crippen LogP contribution in [0.4, 0.5) is 0 Å². The van der Waals surface area contributed by atoms with Crippen molar-refractivity contribution in [3.63, 3.8) is 0 Å². The second-order valence-corrected chi connectivity index (χ2v) is 2.87. The maximum absolute atomic E-state index is 10.7. The predicted molar refractivity (Wildman–Crippen MR) is 49.5 cm³/mol. The van der Waals surface area contributed by atoms with Gasteiger partial charge in [0.15, 0.2) is 5.58 Å². The van der Waals surface area contributed by atoms with Gasteiger partial charge in [-0.15, -0.1) is 0 Å². The largest absolute Gasteiger partial charge is 0.478 e. The number of primary amides is 1. The van der Waals surface area contributed by atoms with E-state index in [2.05, 4.69) is 4.98 Å². The number of benzene rings is 1. The topological polar surface area (TPSA) is 106 Å². The number of hydrogen-bond donors (Lipinski definition) is 2. The number of carbonyl (C=O) groups excluding carboxylic acids is 1. The SMILES string of the molecule is NC(=O)c1nc2cc(C(=O)O)ccc2o1. The van der Waals surface area contributed by atoms with Gasteiger partial charge < -0.3 is 15.3 Å². The molecule has 0 aliphatic carbocycles. The molecule has 6 heteroatoms. The smallest absolute Gasteiger partial charge is 0.335 e. The van der Waals surface area contributed by atoms with Gasteiger partial charge in [-0.05, 0) is 18.2 Å². The van der Waals surface area contributed by atoms with Crippen LogP contribution in [0.5, 0.6) is 0 Å². The minimum absolute atomic E-state index is 0.0758. The molecule has 2 rings (SSSR count). The highest BCUT2D eigenvalue weighted by Gasteiger charge is 2.12. The number of nitrogens with two attached hydrogens (primary N) is 1. The van der Waals surface area contributed by atoms with Crippen molar-refractivity contribution in [2.75, 3.05) is 0 Å². The van der Waals surface area contributed by atoms with E-state index >= 15 is 0 Å². The molecule has 0 radical (unpaired) electrons. The third-order valence-electron chi connectivity index (χ3n) is 1.85. The standard InChI is InChI=1S/C9H6N2O4/c10-7(12)8-11-5-3-4(9(13)14)1-2-6(5)15-8/h1-3H,(H2,10,12)(H,13,14). The molecule has 1 aromatic heterocycles. The van der Waals surface area contributed by atoms with Gasteiger partial charge in [-0.1, -0.05) is 0 Å². The van der Waals surface area contributed by atoms with E-state index in [1.807, 2.05) is 0 Å². The zero-order valence-corrected chi connectivity index (χ0v) is 7.43. The van der Waals surface area contributed by atoms with Crippen molar-refractivity contribution >= 4 is 23.0 Å². The Kier molecular flexibility index (Phi) is 1.89. The number of fused-ring (bicyclic) bond motifs is 1. The van der Waals surface area contributed by atoms with Crippen LogP contribution in [0.2, 0.25) is 0 Å². The molecule has 15 heavy (non-hydrogen) atoms. The molecule has 76 valence electrons. The molecular formula is C9H6N2O4. The highest BCUT2D eigenvalue weighted by Crippen LogP contribution is 2.16. The second-order valence-electron chi connectivity index (χ2n) is 2.87. The van der Waals surface area contributed by atoms with Gasteiger partial charge in [0.2, 0.25) is 0 Å². The number of carbonyl (C=O) groups is 2. The van der Waals surface area contributed by atoms with Crippen molar-refractivity contribution in [1.82, 2.24) is 4.98 Å². The van der Waals surface area contributed by atoms with Crippen LogP contribution < -0.4 is 5.73 Å². The molecule has 6 nitrogen and oxygen atoms in total. The van der Waals surface area contributed by atoms with E-state index in [0.717, 1.165) is 0 Å². The molecule has 1 amide bonds. The maximum Gasteiger partial charge on any atom is 0.335 e. The summed E-state index contributed by atoms with van der Waals surface area (Å²) in [6, 6.07) is 4.10. The van der Waals surface area contributed by atoms with Crippen LogP contribution in [-0.4, -0.2) is 22.0 Å². The molecule has 1 heterocycles. The second kappa shape index (κ2) is 3.09. The lowest BCUT2D eigenvalue weighted by atomic mass is 10.2. The molecule has 0 aliphatic heterocycles. The van der Waals surface area contributed by atoms with Gasteiger partial charge in [-0.2, -0.15) is 0 Å². The zero-order chi connectivity index (χ0) is 11.0. The maximum atomic E-state index is 10.7. The van der Waals surface area contributed by atoms with Gasteiger partial charge in [0.25, 0.3) is 5.89 Å². The molecule has 0 aliphatic rings. The van der Waals surface area contributed by atoms with Gasteiger partial charge in [0.1, 0.15) is 5.52 Å². The van der Waals surface area contributed by atoms with Crippen molar-refractivity contribution in [3.8, 4) is 0 Å². The Morgan fingerprint density at radius 2 is 2.13 bits per heavy atom. The Hall–Kier alpha value is -2.37. The summed E-state index contributed by atoms with van der Waals surface area (Å²) < 4.78 is 4.99. The van der Waals surface area contributed by atoms with Crippen LogP contribution in [0.25, 0.3) is 11.1 Å². The van der Waals surface area contributed by atoms with E-state index in [9.17, 15) is 9.59 Å². The van der Waals surface area contributed by atoms with Crippen molar-refractivity contribution in [2.24, 2.45) is 5.73 Å². The van der Waals surface area contributed by atoms with Crippen molar-refractivity contribution in [2.45, 2.75) is 0 Å². The average molecular weight is 206 g/mol. The van der Waals surface area contributed by atoms with Gasteiger partial charge >= 0.3 is 11.9 Å². The van der Waals surface area contributed by atoms with Gasteiger partial charge in [-0.25, -0.2) is 9.78 Å². The summed E-state index contributed by atoms with van der Waals surface area (Å²) in [5, 5.41) is 8.71. The molecule has 0 atom stereocenters. The number of aromatic carboxylic acids is 1. The number of carboxylic acid groups (broad SMARTS) is 1. The van der Waals surface area contributed by atoms with E-state index in [-0.39, 0.29) is 11.5 Å². The highest BCUT2D eigenvalue weighted by atomic mass is 16.4. The molecule has 0 bridgehead atoms. The summed E-state index contributed by atoms with van der Waals surface area (Å²) in [7, 11) is 0. The molecule has 0 saturated carbocycles. The van der Waals surface area contributed by atoms with Crippen LogP contribution in [0, 0.1) is 0 Å². The normalized spacial score (nSPS) is 10.4. The fourth-order valence-electron chi connectivity index (χ4n) is 1.17. The third-order valence-corrected chi connectivity index (χ3v) is 1.85. The first-order valence-electron chi connectivity index (χ1n) is 4.01. The Morgan fingerprint density at radius 3 is 2.73 bits per heavy atom. The monoisotopic (exact) mass is 206 g/mol. The lowest BCUT2D eigenvalue weighted by Crippen LogP contribution is -2.10. The summed E-state index contributed by atoms with van der Waals surface area (Å²) >= 11 is 0. The molecule has 2 aromatic rings. The van der Waals surface area contributed by atoms with E-state index in [0.29, 0.717) is 11.1 Å². The Morgan fingerprint density at radius 1 is 1.40 bits per heavy atom. The molecule has 0 spiro atoms. The van der Waals surface area contributed by atoms with Gasteiger partial charge in [0, 0.05) is 0 Å². The van der Waals surface area contributed by atoms with Gasteiger partial charge in [0.05, 0.1) is 5.56 Å². The Bertz CT molecular complexity index is 546. The minimum Gasteiger partial charge on any atom is -0.478 e. The number of amides is 1. The summed E-state index contributed by atoms with van der Waals surface area (Å²) in [6.07, 6.45) is 0. The first kappa shape index (κ1) is 9.20. The summed E-state index contributed by atoms with van der Waals surface area (Å²) in [5.74, 6) is -2.09. The van der Waals surface area contributed by atoms with Crippen LogP contribution in [0.15, 0.2) is 22.6 Å².